The van der Waals surface area contributed by atoms with Crippen LogP contribution in [0.3, 0.4) is 0 Å². The van der Waals surface area contributed by atoms with Gasteiger partial charge in [-0.15, -0.1) is 24.8 Å². The van der Waals surface area contributed by atoms with Crippen molar-refractivity contribution < 1.29 is 4.79 Å². The van der Waals surface area contributed by atoms with E-state index in [0.29, 0.717) is 12.3 Å². The predicted octanol–water partition coefficient (Wildman–Crippen LogP) is 1.51. The number of hydrogen-bond donors (Lipinski definition) is 1. The summed E-state index contributed by atoms with van der Waals surface area (Å²) in [5.41, 5.74) is 5.67. The molecule has 2 aliphatic heterocycles. The zero-order valence-corrected chi connectivity index (χ0v) is 13.3. The zero-order chi connectivity index (χ0) is 12.3. The molecule has 2 atom stereocenters. The van der Waals surface area contributed by atoms with Crippen LogP contribution in [-0.2, 0) is 4.79 Å². The molecule has 2 unspecified atom stereocenters. The van der Waals surface area contributed by atoms with Crippen LogP contribution < -0.4 is 5.73 Å². The SMILES string of the molecule is CC(N)CC(=O)N1CCC(CN2CCCC2)C1.Cl.Cl. The van der Waals surface area contributed by atoms with Crippen molar-refractivity contribution >= 4 is 30.7 Å². The molecule has 2 N–H and O–H groups in total. The molecular formula is C13H27Cl2N3O. The third kappa shape index (κ3) is 5.86. The highest BCUT2D eigenvalue weighted by molar-refractivity contribution is 5.85. The molecule has 114 valence electrons. The van der Waals surface area contributed by atoms with Crippen molar-refractivity contribution in [3.8, 4) is 0 Å². The van der Waals surface area contributed by atoms with Gasteiger partial charge in [-0.1, -0.05) is 0 Å². The molecule has 2 saturated heterocycles. The van der Waals surface area contributed by atoms with Crippen molar-refractivity contribution in [2.75, 3.05) is 32.7 Å². The number of carbonyl (C=O) groups excluding carboxylic acids is 1. The lowest BCUT2D eigenvalue weighted by Gasteiger charge is -2.21. The molecule has 0 aromatic heterocycles. The molecule has 19 heavy (non-hydrogen) atoms. The maximum atomic E-state index is 11.9. The molecule has 2 fully saturated rings. The summed E-state index contributed by atoms with van der Waals surface area (Å²) in [6.45, 7) is 7.47. The Labute approximate surface area is 128 Å². The van der Waals surface area contributed by atoms with Gasteiger partial charge in [0.2, 0.25) is 5.91 Å². The molecule has 2 heterocycles. The first-order valence-electron chi connectivity index (χ1n) is 6.91. The second-order valence-electron chi connectivity index (χ2n) is 5.68. The van der Waals surface area contributed by atoms with Crippen LogP contribution in [0.2, 0.25) is 0 Å². The highest BCUT2D eigenvalue weighted by Crippen LogP contribution is 2.20. The summed E-state index contributed by atoms with van der Waals surface area (Å²) < 4.78 is 0. The normalized spacial score (nSPS) is 24.7. The first kappa shape index (κ1) is 19.0. The van der Waals surface area contributed by atoms with Crippen LogP contribution in [0.4, 0.5) is 0 Å². The second-order valence-corrected chi connectivity index (χ2v) is 5.68. The molecule has 1 amide bonds. The van der Waals surface area contributed by atoms with Gasteiger partial charge in [0, 0.05) is 32.1 Å². The van der Waals surface area contributed by atoms with E-state index >= 15 is 0 Å². The van der Waals surface area contributed by atoms with Gasteiger partial charge in [-0.2, -0.15) is 0 Å². The summed E-state index contributed by atoms with van der Waals surface area (Å²) >= 11 is 0. The van der Waals surface area contributed by atoms with Gasteiger partial charge in [0.1, 0.15) is 0 Å². The maximum absolute atomic E-state index is 11.9. The van der Waals surface area contributed by atoms with Crippen LogP contribution in [0.5, 0.6) is 0 Å². The highest BCUT2D eigenvalue weighted by Gasteiger charge is 2.28. The van der Waals surface area contributed by atoms with Crippen LogP contribution in [-0.4, -0.2) is 54.5 Å². The molecule has 0 bridgehead atoms. The van der Waals surface area contributed by atoms with Crippen molar-refractivity contribution in [1.82, 2.24) is 9.80 Å². The van der Waals surface area contributed by atoms with Crippen LogP contribution in [0, 0.1) is 5.92 Å². The smallest absolute Gasteiger partial charge is 0.224 e. The molecule has 4 nitrogen and oxygen atoms in total. The van der Waals surface area contributed by atoms with Crippen molar-refractivity contribution in [1.29, 1.82) is 0 Å². The van der Waals surface area contributed by atoms with Gasteiger partial charge in [0.25, 0.3) is 0 Å². The number of rotatable bonds is 4. The van der Waals surface area contributed by atoms with E-state index in [0.717, 1.165) is 13.1 Å². The Kier molecular flexibility index (Phi) is 8.99. The molecule has 0 radical (unpaired) electrons. The number of nitrogens with two attached hydrogens (primary N) is 1. The average Bonchev–Trinajstić information content (AvgIpc) is 2.88. The largest absolute Gasteiger partial charge is 0.342 e. The predicted molar refractivity (Wildman–Crippen MR) is 83.1 cm³/mol. The van der Waals surface area contributed by atoms with Crippen LogP contribution in [0.25, 0.3) is 0 Å². The second kappa shape index (κ2) is 9.01. The fourth-order valence-electron chi connectivity index (χ4n) is 2.94. The Bertz CT molecular complexity index is 271. The quantitative estimate of drug-likeness (QED) is 0.856. The summed E-state index contributed by atoms with van der Waals surface area (Å²) in [5.74, 6) is 0.925. The Morgan fingerprint density at radius 1 is 1.26 bits per heavy atom. The van der Waals surface area contributed by atoms with Gasteiger partial charge in [-0.05, 0) is 45.2 Å². The van der Waals surface area contributed by atoms with E-state index < -0.39 is 0 Å². The van der Waals surface area contributed by atoms with Gasteiger partial charge in [0.05, 0.1) is 0 Å². The standard InChI is InChI=1S/C13H25N3O.2ClH/c1-11(14)8-13(17)16-7-4-12(10-16)9-15-5-2-3-6-15;;/h11-12H,2-10,14H2,1H3;2*1H. The number of amides is 1. The number of likely N-dealkylation sites (tertiary alicyclic amines) is 2. The molecule has 0 aromatic carbocycles. The van der Waals surface area contributed by atoms with Crippen molar-refractivity contribution in [2.45, 2.75) is 38.6 Å². The lowest BCUT2D eigenvalue weighted by Crippen LogP contribution is -2.34. The minimum absolute atomic E-state index is 0. The fraction of sp³-hybridized carbons (Fsp3) is 0.923. The van der Waals surface area contributed by atoms with Crippen molar-refractivity contribution in [2.24, 2.45) is 11.7 Å². The van der Waals surface area contributed by atoms with Gasteiger partial charge in [-0.3, -0.25) is 4.79 Å². The third-order valence-electron chi connectivity index (χ3n) is 3.85. The molecule has 2 aliphatic rings. The number of hydrogen-bond acceptors (Lipinski definition) is 3. The molecule has 0 aliphatic carbocycles. The number of halogens is 2. The average molecular weight is 312 g/mol. The summed E-state index contributed by atoms with van der Waals surface area (Å²) in [7, 11) is 0. The molecule has 0 aromatic rings. The molecule has 2 rings (SSSR count). The molecule has 0 saturated carbocycles. The Hall–Kier alpha value is -0.0300. The molecular weight excluding hydrogens is 285 g/mol. The number of carbonyl (C=O) groups is 1. The van der Waals surface area contributed by atoms with E-state index in [2.05, 4.69) is 4.90 Å². The monoisotopic (exact) mass is 311 g/mol. The third-order valence-corrected chi connectivity index (χ3v) is 3.85. The van der Waals surface area contributed by atoms with E-state index in [1.54, 1.807) is 0 Å². The van der Waals surface area contributed by atoms with Crippen LogP contribution in [0.15, 0.2) is 0 Å². The van der Waals surface area contributed by atoms with Gasteiger partial charge >= 0.3 is 0 Å². The Morgan fingerprint density at radius 2 is 1.89 bits per heavy atom. The van der Waals surface area contributed by atoms with E-state index in [9.17, 15) is 4.79 Å². The highest BCUT2D eigenvalue weighted by atomic mass is 35.5. The number of nitrogens with zero attached hydrogens (tertiary/aromatic N) is 2. The van der Waals surface area contributed by atoms with Gasteiger partial charge in [0.15, 0.2) is 0 Å². The zero-order valence-electron chi connectivity index (χ0n) is 11.7. The van der Waals surface area contributed by atoms with Crippen LogP contribution >= 0.6 is 24.8 Å². The Balaban J connectivity index is 0.00000162. The lowest BCUT2D eigenvalue weighted by atomic mass is 10.1. The van der Waals surface area contributed by atoms with E-state index in [-0.39, 0.29) is 36.8 Å². The van der Waals surface area contributed by atoms with Gasteiger partial charge in [-0.25, -0.2) is 0 Å². The first-order valence-corrected chi connectivity index (χ1v) is 6.91. The van der Waals surface area contributed by atoms with E-state index in [1.165, 1.54) is 38.9 Å². The van der Waals surface area contributed by atoms with E-state index in [1.807, 2.05) is 11.8 Å². The first-order chi connectivity index (χ1) is 8.15. The van der Waals surface area contributed by atoms with Crippen LogP contribution in [0.1, 0.15) is 32.6 Å². The fourth-order valence-corrected chi connectivity index (χ4v) is 2.94. The summed E-state index contributed by atoms with van der Waals surface area (Å²) in [6, 6.07) is -0.0138. The molecule has 6 heteroatoms. The maximum Gasteiger partial charge on any atom is 0.224 e. The Morgan fingerprint density at radius 3 is 2.47 bits per heavy atom. The van der Waals surface area contributed by atoms with E-state index in [4.69, 9.17) is 5.73 Å². The molecule has 0 spiro atoms. The van der Waals surface area contributed by atoms with Crippen molar-refractivity contribution in [3.63, 3.8) is 0 Å². The minimum Gasteiger partial charge on any atom is -0.342 e. The van der Waals surface area contributed by atoms with Crippen molar-refractivity contribution in [3.05, 3.63) is 0 Å². The summed E-state index contributed by atoms with van der Waals surface area (Å²) in [6.07, 6.45) is 4.36. The summed E-state index contributed by atoms with van der Waals surface area (Å²) in [5, 5.41) is 0. The topological polar surface area (TPSA) is 49.6 Å². The van der Waals surface area contributed by atoms with Gasteiger partial charge < -0.3 is 15.5 Å². The summed E-state index contributed by atoms with van der Waals surface area (Å²) in [4.78, 5) is 16.4. The minimum atomic E-state index is -0.0138. The lowest BCUT2D eigenvalue weighted by molar-refractivity contribution is -0.130.